The van der Waals surface area contributed by atoms with Crippen molar-refractivity contribution in [3.8, 4) is 0 Å². The van der Waals surface area contributed by atoms with Gasteiger partial charge in [0, 0.05) is 10.5 Å². The first-order valence-corrected chi connectivity index (χ1v) is 8.76. The van der Waals surface area contributed by atoms with Crippen LogP contribution in [0, 0.1) is 8.70 Å². The molecule has 0 saturated carbocycles. The van der Waals surface area contributed by atoms with Gasteiger partial charge in [0.25, 0.3) is 0 Å². The molecule has 1 N–H and O–H groups in total. The summed E-state index contributed by atoms with van der Waals surface area (Å²) in [5, 5.41) is 5.57. The molecule has 19 heavy (non-hydrogen) atoms. The average molecular weight is 454 g/mol. The van der Waals surface area contributed by atoms with Gasteiger partial charge in [0.05, 0.1) is 2.88 Å². The number of benzene rings is 1. The maximum absolute atomic E-state index is 13.8. The second-order valence-corrected chi connectivity index (χ2v) is 7.96. The van der Waals surface area contributed by atoms with Gasteiger partial charge in [-0.05, 0) is 76.3 Å². The van der Waals surface area contributed by atoms with Crippen LogP contribution in [0.4, 0.5) is 4.39 Å². The van der Waals surface area contributed by atoms with Crippen molar-refractivity contribution in [3.63, 3.8) is 0 Å². The molecule has 2 rings (SSSR count). The average Bonchev–Trinajstić information content (AvgIpc) is 2.80. The van der Waals surface area contributed by atoms with Gasteiger partial charge in [0.2, 0.25) is 0 Å². The first-order chi connectivity index (χ1) is 9.10. The third kappa shape index (κ3) is 4.24. The molecular weight excluding hydrogens is 440 g/mol. The maximum Gasteiger partial charge on any atom is 0.126 e. The standard InChI is InChI=1S/C14H14BrFINS/c1-2-18-13(10-7-14(17)19-8-10)6-9-5-11(15)3-4-12(9)16/h3-5,7-8,13,18H,2,6H2,1H3. The third-order valence-electron chi connectivity index (χ3n) is 2.87. The lowest BCUT2D eigenvalue weighted by atomic mass is 10.0. The van der Waals surface area contributed by atoms with E-state index >= 15 is 0 Å². The number of rotatable bonds is 5. The Bertz CT molecular complexity index is 558. The lowest BCUT2D eigenvalue weighted by Crippen LogP contribution is -2.22. The van der Waals surface area contributed by atoms with Crippen LogP contribution in [-0.4, -0.2) is 6.54 Å². The van der Waals surface area contributed by atoms with Crippen LogP contribution in [0.2, 0.25) is 0 Å². The molecule has 0 fully saturated rings. The van der Waals surface area contributed by atoms with Crippen LogP contribution in [0.1, 0.15) is 24.1 Å². The summed E-state index contributed by atoms with van der Waals surface area (Å²) in [5.41, 5.74) is 1.97. The molecule has 1 aromatic carbocycles. The van der Waals surface area contributed by atoms with E-state index in [0.29, 0.717) is 6.42 Å². The normalized spacial score (nSPS) is 12.6. The van der Waals surface area contributed by atoms with Crippen LogP contribution >= 0.6 is 49.9 Å². The van der Waals surface area contributed by atoms with Crippen LogP contribution in [0.25, 0.3) is 0 Å². The van der Waals surface area contributed by atoms with Crippen molar-refractivity contribution in [3.05, 3.63) is 53.9 Å². The van der Waals surface area contributed by atoms with E-state index in [1.54, 1.807) is 17.4 Å². The number of hydrogen-bond donors (Lipinski definition) is 1. The summed E-state index contributed by atoms with van der Waals surface area (Å²) in [5.74, 6) is -0.143. The Morgan fingerprint density at radius 1 is 1.42 bits per heavy atom. The Balaban J connectivity index is 2.23. The zero-order chi connectivity index (χ0) is 13.8. The predicted octanol–water partition coefficient (Wildman–Crippen LogP) is 5.15. The summed E-state index contributed by atoms with van der Waals surface area (Å²) in [4.78, 5) is 0. The molecule has 0 aliphatic rings. The Kier molecular flexibility index (Phi) is 5.80. The van der Waals surface area contributed by atoms with Crippen LogP contribution in [0.3, 0.4) is 0 Å². The highest BCUT2D eigenvalue weighted by Gasteiger charge is 2.15. The first kappa shape index (κ1) is 15.4. The summed E-state index contributed by atoms with van der Waals surface area (Å²) < 4.78 is 16.0. The van der Waals surface area contributed by atoms with Crippen LogP contribution in [-0.2, 0) is 6.42 Å². The SMILES string of the molecule is CCNC(Cc1cc(Br)ccc1F)c1csc(I)c1. The number of thiophene rings is 1. The smallest absolute Gasteiger partial charge is 0.126 e. The van der Waals surface area contributed by atoms with E-state index in [1.165, 1.54) is 14.5 Å². The monoisotopic (exact) mass is 453 g/mol. The maximum atomic E-state index is 13.8. The van der Waals surface area contributed by atoms with Gasteiger partial charge in [-0.1, -0.05) is 22.9 Å². The van der Waals surface area contributed by atoms with E-state index in [-0.39, 0.29) is 11.9 Å². The minimum Gasteiger partial charge on any atom is -0.310 e. The fraction of sp³-hybridized carbons (Fsp3) is 0.286. The zero-order valence-corrected chi connectivity index (χ0v) is 15.0. The molecule has 0 spiro atoms. The Morgan fingerprint density at radius 3 is 2.84 bits per heavy atom. The quantitative estimate of drug-likeness (QED) is 0.617. The first-order valence-electron chi connectivity index (χ1n) is 6.01. The molecule has 0 radical (unpaired) electrons. The Morgan fingerprint density at radius 2 is 2.21 bits per heavy atom. The molecule has 1 unspecified atom stereocenters. The number of likely N-dealkylation sites (N-methyl/N-ethyl adjacent to an activating group) is 1. The molecule has 1 heterocycles. The van der Waals surface area contributed by atoms with Crippen LogP contribution < -0.4 is 5.32 Å². The second kappa shape index (κ2) is 7.15. The highest BCUT2D eigenvalue weighted by Crippen LogP contribution is 2.27. The topological polar surface area (TPSA) is 12.0 Å². The van der Waals surface area contributed by atoms with Gasteiger partial charge in [0.1, 0.15) is 5.82 Å². The number of halogens is 3. The highest BCUT2D eigenvalue weighted by molar-refractivity contribution is 14.1. The van der Waals surface area contributed by atoms with Crippen molar-refractivity contribution >= 4 is 49.9 Å². The van der Waals surface area contributed by atoms with Gasteiger partial charge < -0.3 is 5.32 Å². The highest BCUT2D eigenvalue weighted by atomic mass is 127. The van der Waals surface area contributed by atoms with Gasteiger partial charge in [-0.3, -0.25) is 0 Å². The van der Waals surface area contributed by atoms with Crippen LogP contribution in [0.5, 0.6) is 0 Å². The van der Waals surface area contributed by atoms with Gasteiger partial charge in [0.15, 0.2) is 0 Å². The van der Waals surface area contributed by atoms with Crippen molar-refractivity contribution < 1.29 is 4.39 Å². The largest absolute Gasteiger partial charge is 0.310 e. The molecule has 5 heteroatoms. The fourth-order valence-electron chi connectivity index (χ4n) is 1.98. The summed E-state index contributed by atoms with van der Waals surface area (Å²) in [6, 6.07) is 7.42. The molecule has 0 saturated heterocycles. The molecule has 2 aromatic rings. The molecule has 0 amide bonds. The van der Waals surface area contributed by atoms with Crippen LogP contribution in [0.15, 0.2) is 34.1 Å². The molecule has 0 bridgehead atoms. The van der Waals surface area contributed by atoms with Crippen molar-refractivity contribution in [2.24, 2.45) is 0 Å². The van der Waals surface area contributed by atoms with Gasteiger partial charge >= 0.3 is 0 Å². The second-order valence-electron chi connectivity index (χ2n) is 4.23. The van der Waals surface area contributed by atoms with E-state index < -0.39 is 0 Å². The van der Waals surface area contributed by atoms with E-state index in [1.807, 2.05) is 6.07 Å². The van der Waals surface area contributed by atoms with Crippen molar-refractivity contribution in [1.82, 2.24) is 5.32 Å². The summed E-state index contributed by atoms with van der Waals surface area (Å²) in [6.07, 6.45) is 0.659. The molecule has 102 valence electrons. The molecule has 0 aliphatic carbocycles. The minimum absolute atomic E-state index is 0.143. The molecule has 0 aliphatic heterocycles. The summed E-state index contributed by atoms with van der Waals surface area (Å²) >= 11 is 7.43. The van der Waals surface area contributed by atoms with Crippen molar-refractivity contribution in [2.45, 2.75) is 19.4 Å². The summed E-state index contributed by atoms with van der Waals surface area (Å²) in [7, 11) is 0. The Labute approximate surface area is 138 Å². The molecular formula is C14H14BrFINS. The van der Waals surface area contributed by atoms with E-state index in [4.69, 9.17) is 0 Å². The summed E-state index contributed by atoms with van der Waals surface area (Å²) in [6.45, 7) is 2.94. The predicted molar refractivity (Wildman–Crippen MR) is 91.3 cm³/mol. The lowest BCUT2D eigenvalue weighted by molar-refractivity contribution is 0.529. The minimum atomic E-state index is -0.143. The number of nitrogens with one attached hydrogen (secondary N) is 1. The third-order valence-corrected chi connectivity index (χ3v) is 5.17. The van der Waals surface area contributed by atoms with E-state index in [2.05, 4.69) is 62.2 Å². The van der Waals surface area contributed by atoms with E-state index in [0.717, 1.165) is 16.6 Å². The van der Waals surface area contributed by atoms with Gasteiger partial charge in [-0.25, -0.2) is 4.39 Å². The zero-order valence-electron chi connectivity index (χ0n) is 10.4. The van der Waals surface area contributed by atoms with Crippen molar-refractivity contribution in [2.75, 3.05) is 6.54 Å². The number of hydrogen-bond acceptors (Lipinski definition) is 2. The fourth-order valence-corrected chi connectivity index (χ4v) is 3.81. The van der Waals surface area contributed by atoms with Crippen molar-refractivity contribution in [1.29, 1.82) is 0 Å². The van der Waals surface area contributed by atoms with E-state index in [9.17, 15) is 4.39 Å². The Hall–Kier alpha value is 0.0200. The van der Waals surface area contributed by atoms with Gasteiger partial charge in [-0.2, -0.15) is 0 Å². The molecule has 1 nitrogen and oxygen atoms in total. The van der Waals surface area contributed by atoms with Gasteiger partial charge in [-0.15, -0.1) is 11.3 Å². The molecule has 1 aromatic heterocycles. The lowest BCUT2D eigenvalue weighted by Gasteiger charge is -2.17. The molecule has 1 atom stereocenters.